The molecule has 6 heteroatoms. The molecule has 88 valence electrons. The van der Waals surface area contributed by atoms with Crippen molar-refractivity contribution >= 4 is 63.0 Å². The number of benzene rings is 1. The van der Waals surface area contributed by atoms with Crippen molar-refractivity contribution in [2.75, 3.05) is 7.11 Å². The van der Waals surface area contributed by atoms with Crippen LogP contribution >= 0.6 is 45.8 Å². The van der Waals surface area contributed by atoms with E-state index in [4.69, 9.17) is 27.9 Å². The molecule has 0 aliphatic heterocycles. The molecule has 0 saturated heterocycles. The van der Waals surface area contributed by atoms with Gasteiger partial charge >= 0.3 is 0 Å². The quantitative estimate of drug-likeness (QED) is 0.449. The van der Waals surface area contributed by atoms with E-state index >= 15 is 0 Å². The summed E-state index contributed by atoms with van der Waals surface area (Å²) in [6.07, 6.45) is 0.599. The third-order valence-electron chi connectivity index (χ3n) is 2.30. The van der Waals surface area contributed by atoms with Crippen LogP contribution in [-0.2, 0) is 0 Å². The number of ether oxygens (including phenoxy) is 1. The number of carbonyl (C=O) groups is 1. The van der Waals surface area contributed by atoms with Gasteiger partial charge in [0, 0.05) is 5.39 Å². The fourth-order valence-electron chi connectivity index (χ4n) is 1.47. The highest BCUT2D eigenvalue weighted by atomic mass is 127. The average molecular weight is 382 g/mol. The van der Waals surface area contributed by atoms with Gasteiger partial charge in [0.05, 0.1) is 26.8 Å². The Morgan fingerprint density at radius 2 is 2.12 bits per heavy atom. The summed E-state index contributed by atoms with van der Waals surface area (Å²) in [5, 5.41) is 1.05. The van der Waals surface area contributed by atoms with Gasteiger partial charge in [-0.1, -0.05) is 23.2 Å². The van der Waals surface area contributed by atoms with Gasteiger partial charge in [-0.15, -0.1) is 0 Å². The Morgan fingerprint density at radius 3 is 2.71 bits per heavy atom. The topological polar surface area (TPSA) is 39.2 Å². The second-order valence-corrected chi connectivity index (χ2v) is 5.15. The van der Waals surface area contributed by atoms with Crippen LogP contribution in [0.1, 0.15) is 10.4 Å². The summed E-state index contributed by atoms with van der Waals surface area (Å²) in [4.78, 5) is 15.0. The minimum absolute atomic E-state index is 0.110. The van der Waals surface area contributed by atoms with Gasteiger partial charge in [0.2, 0.25) is 0 Å². The molecule has 3 nitrogen and oxygen atoms in total. The molecule has 0 bridgehead atoms. The number of halogens is 3. The summed E-state index contributed by atoms with van der Waals surface area (Å²) in [6.45, 7) is 0. The first-order chi connectivity index (χ1) is 8.08. The van der Waals surface area contributed by atoms with Crippen LogP contribution in [0.25, 0.3) is 10.9 Å². The Hall–Kier alpha value is -0.590. The van der Waals surface area contributed by atoms with Crippen LogP contribution < -0.4 is 4.74 Å². The molecule has 2 aromatic rings. The van der Waals surface area contributed by atoms with E-state index in [9.17, 15) is 4.79 Å². The Balaban J connectivity index is 2.88. The molecule has 0 N–H and O–H groups in total. The van der Waals surface area contributed by atoms with Crippen molar-refractivity contribution in [1.82, 2.24) is 4.98 Å². The predicted molar refractivity (Wildman–Crippen MR) is 76.4 cm³/mol. The number of hydrogen-bond donors (Lipinski definition) is 0. The number of methoxy groups -OCH3 is 1. The zero-order valence-electron chi connectivity index (χ0n) is 8.63. The number of carbonyl (C=O) groups excluding carboxylic acids is 1. The molecule has 1 aromatic heterocycles. The van der Waals surface area contributed by atoms with Crippen molar-refractivity contribution in [3.05, 3.63) is 31.4 Å². The second kappa shape index (κ2) is 4.96. The van der Waals surface area contributed by atoms with Gasteiger partial charge in [0.25, 0.3) is 0 Å². The molecule has 0 aliphatic rings. The lowest BCUT2D eigenvalue weighted by molar-refractivity contribution is 0.112. The van der Waals surface area contributed by atoms with E-state index < -0.39 is 0 Å². The van der Waals surface area contributed by atoms with Crippen molar-refractivity contribution in [2.24, 2.45) is 0 Å². The molecule has 0 spiro atoms. The van der Waals surface area contributed by atoms with Gasteiger partial charge in [-0.05, 0) is 34.7 Å². The first-order valence-electron chi connectivity index (χ1n) is 4.56. The standard InChI is InChI=1S/C11H6Cl2INO2/c1-17-9-2-5-8(3-7(9)14)15-11(13)6(4-16)10(5)12/h2-4H,1H3. The molecule has 17 heavy (non-hydrogen) atoms. The van der Waals surface area contributed by atoms with Crippen LogP contribution in [0.4, 0.5) is 0 Å². The molecule has 0 amide bonds. The molecule has 0 radical (unpaired) electrons. The summed E-state index contributed by atoms with van der Waals surface area (Å²) in [6, 6.07) is 3.55. The fraction of sp³-hybridized carbons (Fsp3) is 0.0909. The third kappa shape index (κ3) is 2.21. The van der Waals surface area contributed by atoms with Gasteiger partial charge in [-0.2, -0.15) is 0 Å². The average Bonchev–Trinajstić information content (AvgIpc) is 2.29. The lowest BCUT2D eigenvalue weighted by Crippen LogP contribution is -1.94. The van der Waals surface area contributed by atoms with Crippen molar-refractivity contribution in [1.29, 1.82) is 0 Å². The molecule has 0 fully saturated rings. The minimum Gasteiger partial charge on any atom is -0.496 e. The van der Waals surface area contributed by atoms with E-state index in [0.29, 0.717) is 28.0 Å². The van der Waals surface area contributed by atoms with E-state index in [1.165, 1.54) is 0 Å². The molecule has 1 aromatic carbocycles. The number of rotatable bonds is 2. The predicted octanol–water partition coefficient (Wildman–Crippen LogP) is 3.97. The lowest BCUT2D eigenvalue weighted by atomic mass is 10.1. The summed E-state index contributed by atoms with van der Waals surface area (Å²) < 4.78 is 6.10. The first-order valence-corrected chi connectivity index (χ1v) is 6.39. The molecule has 2 rings (SSSR count). The highest BCUT2D eigenvalue weighted by molar-refractivity contribution is 14.1. The maximum absolute atomic E-state index is 10.9. The maximum atomic E-state index is 10.9. The zero-order valence-corrected chi connectivity index (χ0v) is 12.3. The van der Waals surface area contributed by atoms with Crippen molar-refractivity contribution in [3.8, 4) is 5.75 Å². The van der Waals surface area contributed by atoms with Crippen LogP contribution in [0.15, 0.2) is 12.1 Å². The van der Waals surface area contributed by atoms with Crippen LogP contribution in [0.3, 0.4) is 0 Å². The molecular formula is C11H6Cl2INO2. The summed E-state index contributed by atoms with van der Waals surface area (Å²) in [7, 11) is 1.57. The second-order valence-electron chi connectivity index (χ2n) is 3.25. The molecular weight excluding hydrogens is 376 g/mol. The third-order valence-corrected chi connectivity index (χ3v) is 3.84. The molecule has 0 aliphatic carbocycles. The highest BCUT2D eigenvalue weighted by Gasteiger charge is 2.14. The van der Waals surface area contributed by atoms with Crippen LogP contribution in [-0.4, -0.2) is 18.4 Å². The molecule has 1 heterocycles. The number of aldehydes is 1. The lowest BCUT2D eigenvalue weighted by Gasteiger charge is -2.08. The number of nitrogens with zero attached hydrogens (tertiary/aromatic N) is 1. The number of hydrogen-bond acceptors (Lipinski definition) is 3. The van der Waals surface area contributed by atoms with Crippen LogP contribution in [0.5, 0.6) is 5.75 Å². The van der Waals surface area contributed by atoms with Crippen LogP contribution in [0.2, 0.25) is 10.2 Å². The van der Waals surface area contributed by atoms with Gasteiger partial charge in [-0.3, -0.25) is 4.79 Å². The molecule has 0 saturated carbocycles. The van der Waals surface area contributed by atoms with Gasteiger partial charge in [0.15, 0.2) is 6.29 Å². The highest BCUT2D eigenvalue weighted by Crippen LogP contribution is 2.34. The Bertz CT molecular complexity index is 616. The Kier molecular flexibility index (Phi) is 3.75. The number of aromatic nitrogens is 1. The zero-order chi connectivity index (χ0) is 12.6. The normalized spacial score (nSPS) is 10.6. The summed E-state index contributed by atoms with van der Waals surface area (Å²) >= 11 is 14.1. The van der Waals surface area contributed by atoms with Crippen LogP contribution in [0, 0.1) is 3.57 Å². The van der Waals surface area contributed by atoms with E-state index in [0.717, 1.165) is 3.57 Å². The van der Waals surface area contributed by atoms with E-state index in [1.807, 2.05) is 0 Å². The molecule has 0 atom stereocenters. The van der Waals surface area contributed by atoms with Gasteiger partial charge < -0.3 is 4.74 Å². The largest absolute Gasteiger partial charge is 0.496 e. The van der Waals surface area contributed by atoms with Crippen molar-refractivity contribution in [3.63, 3.8) is 0 Å². The number of fused-ring (bicyclic) bond motifs is 1. The van der Waals surface area contributed by atoms with Crippen molar-refractivity contribution in [2.45, 2.75) is 0 Å². The number of pyridine rings is 1. The van der Waals surface area contributed by atoms with Gasteiger partial charge in [-0.25, -0.2) is 4.98 Å². The van der Waals surface area contributed by atoms with E-state index in [2.05, 4.69) is 27.6 Å². The minimum atomic E-state index is 0.110. The first kappa shape index (κ1) is 12.9. The molecule has 0 unspecified atom stereocenters. The summed E-state index contributed by atoms with van der Waals surface area (Å²) in [5.74, 6) is 0.681. The smallest absolute Gasteiger partial charge is 0.154 e. The van der Waals surface area contributed by atoms with Crippen molar-refractivity contribution < 1.29 is 9.53 Å². The maximum Gasteiger partial charge on any atom is 0.154 e. The SMILES string of the molecule is COc1cc2c(Cl)c(C=O)c(Cl)nc2cc1I. The summed E-state index contributed by atoms with van der Waals surface area (Å²) in [5.41, 5.74) is 0.833. The van der Waals surface area contributed by atoms with E-state index in [1.54, 1.807) is 19.2 Å². The Morgan fingerprint density at radius 1 is 1.41 bits per heavy atom. The fourth-order valence-corrected chi connectivity index (χ4v) is 2.70. The monoisotopic (exact) mass is 381 g/mol. The van der Waals surface area contributed by atoms with Gasteiger partial charge in [0.1, 0.15) is 10.9 Å². The van der Waals surface area contributed by atoms with E-state index in [-0.39, 0.29) is 10.7 Å². The Labute approximate surface area is 121 Å².